The predicted molar refractivity (Wildman–Crippen MR) is 117 cm³/mol. The van der Waals surface area contributed by atoms with Gasteiger partial charge in [0.2, 0.25) is 11.8 Å². The summed E-state index contributed by atoms with van der Waals surface area (Å²) in [6.07, 6.45) is 6.27. The summed E-state index contributed by atoms with van der Waals surface area (Å²) in [5.74, 6) is 1.05. The third kappa shape index (κ3) is 6.24. The van der Waals surface area contributed by atoms with Crippen molar-refractivity contribution in [1.82, 2.24) is 20.4 Å². The molecule has 0 atom stereocenters. The second-order valence-electron chi connectivity index (χ2n) is 8.62. The van der Waals surface area contributed by atoms with Crippen LogP contribution in [0.2, 0.25) is 0 Å². The van der Waals surface area contributed by atoms with E-state index in [1.165, 1.54) is 0 Å². The zero-order valence-corrected chi connectivity index (χ0v) is 18.8. The maximum Gasteiger partial charge on any atom is 0.317 e. The van der Waals surface area contributed by atoms with E-state index in [4.69, 9.17) is 4.42 Å². The van der Waals surface area contributed by atoms with E-state index in [-0.39, 0.29) is 35.7 Å². The summed E-state index contributed by atoms with van der Waals surface area (Å²) in [6.45, 7) is 7.09. The van der Waals surface area contributed by atoms with Crippen LogP contribution >= 0.6 is 0 Å². The summed E-state index contributed by atoms with van der Waals surface area (Å²) in [7, 11) is 0. The number of likely N-dealkylation sites (tertiary alicyclic amines) is 2. The van der Waals surface area contributed by atoms with Crippen molar-refractivity contribution in [2.75, 3.05) is 26.2 Å². The van der Waals surface area contributed by atoms with Crippen molar-refractivity contribution >= 4 is 17.8 Å². The highest BCUT2D eigenvalue weighted by molar-refractivity contribution is 5.80. The van der Waals surface area contributed by atoms with Crippen LogP contribution in [0, 0.1) is 11.8 Å². The van der Waals surface area contributed by atoms with Gasteiger partial charge in [0.1, 0.15) is 5.76 Å². The van der Waals surface area contributed by atoms with Gasteiger partial charge in [0.05, 0.1) is 12.8 Å². The van der Waals surface area contributed by atoms with Gasteiger partial charge in [-0.2, -0.15) is 0 Å². The molecule has 3 rings (SSSR count). The molecule has 31 heavy (non-hydrogen) atoms. The fourth-order valence-electron chi connectivity index (χ4n) is 4.48. The Labute approximate surface area is 184 Å². The minimum Gasteiger partial charge on any atom is -0.467 e. The number of nitrogens with one attached hydrogen (secondary N) is 2. The Kier molecular flexibility index (Phi) is 8.37. The first-order valence-electron chi connectivity index (χ1n) is 11.7. The van der Waals surface area contributed by atoms with Gasteiger partial charge in [-0.25, -0.2) is 4.79 Å². The molecule has 0 spiro atoms. The highest BCUT2D eigenvalue weighted by Gasteiger charge is 2.30. The molecule has 2 saturated heterocycles. The van der Waals surface area contributed by atoms with E-state index >= 15 is 0 Å². The van der Waals surface area contributed by atoms with E-state index in [2.05, 4.69) is 24.5 Å². The molecular weight excluding hydrogens is 396 g/mol. The first-order chi connectivity index (χ1) is 15.0. The van der Waals surface area contributed by atoms with Crippen molar-refractivity contribution in [3.63, 3.8) is 0 Å². The largest absolute Gasteiger partial charge is 0.467 e. The lowest BCUT2D eigenvalue weighted by Crippen LogP contribution is -2.52. The molecular formula is C23H36N4O4. The number of hydrogen-bond acceptors (Lipinski definition) is 4. The number of carbonyl (C=O) groups excluding carboxylic acids is 3. The lowest BCUT2D eigenvalue weighted by Gasteiger charge is -2.36. The van der Waals surface area contributed by atoms with Crippen LogP contribution in [0.3, 0.4) is 0 Å². The van der Waals surface area contributed by atoms with Crippen LogP contribution in [0.25, 0.3) is 0 Å². The molecule has 8 nitrogen and oxygen atoms in total. The first-order valence-corrected chi connectivity index (χ1v) is 11.7. The second kappa shape index (κ2) is 11.2. The molecule has 3 heterocycles. The van der Waals surface area contributed by atoms with Gasteiger partial charge < -0.3 is 24.9 Å². The zero-order chi connectivity index (χ0) is 22.2. The van der Waals surface area contributed by atoms with Crippen LogP contribution in [0.15, 0.2) is 22.8 Å². The van der Waals surface area contributed by atoms with Gasteiger partial charge in [0, 0.05) is 44.1 Å². The molecule has 0 saturated carbocycles. The molecule has 2 aliphatic heterocycles. The highest BCUT2D eigenvalue weighted by Crippen LogP contribution is 2.20. The number of amides is 4. The normalized spacial score (nSPS) is 18.3. The standard InChI is InChI=1S/C23H36N4O4/c1-3-17(4-2)22(29)26-13-9-19(10-14-26)25-23(30)27-11-7-18(8-12-27)21(28)24-16-20-6-5-15-31-20/h5-6,15,17-19H,3-4,7-14,16H2,1-2H3,(H,24,28)(H,25,30). The number of hydrogen-bond donors (Lipinski definition) is 2. The predicted octanol–water partition coefficient (Wildman–Crippen LogP) is 2.74. The summed E-state index contributed by atoms with van der Waals surface area (Å²) in [5, 5.41) is 6.04. The second-order valence-corrected chi connectivity index (χ2v) is 8.62. The summed E-state index contributed by atoms with van der Waals surface area (Å²) >= 11 is 0. The average molecular weight is 433 g/mol. The summed E-state index contributed by atoms with van der Waals surface area (Å²) in [4.78, 5) is 41.3. The minimum absolute atomic E-state index is 0.0194. The van der Waals surface area contributed by atoms with E-state index in [0.29, 0.717) is 45.6 Å². The molecule has 0 aliphatic carbocycles. The van der Waals surface area contributed by atoms with Gasteiger partial charge >= 0.3 is 6.03 Å². The number of piperidine rings is 2. The fraction of sp³-hybridized carbons (Fsp3) is 0.696. The van der Waals surface area contributed by atoms with Crippen molar-refractivity contribution in [1.29, 1.82) is 0 Å². The van der Waals surface area contributed by atoms with Gasteiger partial charge in [-0.3, -0.25) is 9.59 Å². The smallest absolute Gasteiger partial charge is 0.317 e. The van der Waals surface area contributed by atoms with Crippen LogP contribution < -0.4 is 10.6 Å². The van der Waals surface area contributed by atoms with Gasteiger partial charge in [0.25, 0.3) is 0 Å². The van der Waals surface area contributed by atoms with Gasteiger partial charge in [-0.05, 0) is 50.7 Å². The van der Waals surface area contributed by atoms with E-state index < -0.39 is 0 Å². The lowest BCUT2D eigenvalue weighted by atomic mass is 9.96. The topological polar surface area (TPSA) is 94.9 Å². The van der Waals surface area contributed by atoms with Crippen LogP contribution in [-0.4, -0.2) is 59.9 Å². The summed E-state index contributed by atoms with van der Waals surface area (Å²) in [5.41, 5.74) is 0. The third-order valence-electron chi connectivity index (χ3n) is 6.64. The Hall–Kier alpha value is -2.51. The van der Waals surface area contributed by atoms with E-state index in [1.807, 2.05) is 11.0 Å². The highest BCUT2D eigenvalue weighted by atomic mass is 16.3. The molecule has 2 aliphatic rings. The van der Waals surface area contributed by atoms with Crippen LogP contribution in [0.4, 0.5) is 4.79 Å². The van der Waals surface area contributed by atoms with E-state index in [0.717, 1.165) is 31.4 Å². The van der Waals surface area contributed by atoms with E-state index in [9.17, 15) is 14.4 Å². The molecule has 2 fully saturated rings. The Morgan fingerprint density at radius 2 is 1.68 bits per heavy atom. The Balaban J connectivity index is 1.35. The Bertz CT molecular complexity index is 716. The minimum atomic E-state index is -0.0710. The van der Waals surface area contributed by atoms with Gasteiger partial charge in [-0.1, -0.05) is 13.8 Å². The monoisotopic (exact) mass is 432 g/mol. The number of nitrogens with zero attached hydrogens (tertiary/aromatic N) is 2. The van der Waals surface area contributed by atoms with Crippen molar-refractivity contribution in [2.45, 2.75) is 65.0 Å². The van der Waals surface area contributed by atoms with Crippen molar-refractivity contribution in [2.24, 2.45) is 11.8 Å². The van der Waals surface area contributed by atoms with Gasteiger partial charge in [0.15, 0.2) is 0 Å². The first kappa shape index (κ1) is 23.2. The summed E-state index contributed by atoms with van der Waals surface area (Å²) < 4.78 is 5.24. The van der Waals surface area contributed by atoms with Crippen LogP contribution in [-0.2, 0) is 16.1 Å². The zero-order valence-electron chi connectivity index (χ0n) is 18.8. The van der Waals surface area contributed by atoms with E-state index in [1.54, 1.807) is 17.2 Å². The average Bonchev–Trinajstić information content (AvgIpc) is 3.32. The maximum atomic E-state index is 12.7. The number of carbonyl (C=O) groups is 3. The molecule has 1 aromatic rings. The molecule has 0 radical (unpaired) electrons. The van der Waals surface area contributed by atoms with Crippen molar-refractivity contribution < 1.29 is 18.8 Å². The molecule has 0 unspecified atom stereocenters. The number of furan rings is 1. The van der Waals surface area contributed by atoms with Crippen LogP contribution in [0.5, 0.6) is 0 Å². The maximum absolute atomic E-state index is 12.7. The van der Waals surface area contributed by atoms with Crippen LogP contribution in [0.1, 0.15) is 58.1 Å². The lowest BCUT2D eigenvalue weighted by molar-refractivity contribution is -0.136. The quantitative estimate of drug-likeness (QED) is 0.693. The molecule has 0 aromatic carbocycles. The Morgan fingerprint density at radius 1 is 1.03 bits per heavy atom. The molecule has 2 N–H and O–H groups in total. The SMILES string of the molecule is CCC(CC)C(=O)N1CCC(NC(=O)N2CCC(C(=O)NCc3ccco3)CC2)CC1. The molecule has 0 bridgehead atoms. The molecule has 1 aromatic heterocycles. The molecule has 8 heteroatoms. The Morgan fingerprint density at radius 3 is 2.26 bits per heavy atom. The fourth-order valence-corrected chi connectivity index (χ4v) is 4.48. The van der Waals surface area contributed by atoms with Crippen molar-refractivity contribution in [3.8, 4) is 0 Å². The number of urea groups is 1. The van der Waals surface area contributed by atoms with Gasteiger partial charge in [-0.15, -0.1) is 0 Å². The molecule has 4 amide bonds. The van der Waals surface area contributed by atoms with Crippen molar-refractivity contribution in [3.05, 3.63) is 24.2 Å². The summed E-state index contributed by atoms with van der Waals surface area (Å²) in [6, 6.07) is 3.68. The molecule has 172 valence electrons. The number of rotatable bonds is 7. The third-order valence-corrected chi connectivity index (χ3v) is 6.64.